The Hall–Kier alpha value is -2.49. The van der Waals surface area contributed by atoms with Gasteiger partial charge in [0.25, 0.3) is 0 Å². The van der Waals surface area contributed by atoms with E-state index in [-0.39, 0.29) is 0 Å². The summed E-state index contributed by atoms with van der Waals surface area (Å²) in [6, 6.07) is 22.2. The van der Waals surface area contributed by atoms with Crippen LogP contribution in [0.15, 0.2) is 66.7 Å². The summed E-state index contributed by atoms with van der Waals surface area (Å²) in [4.78, 5) is 0. The Morgan fingerprint density at radius 1 is 0.821 bits per heavy atom. The summed E-state index contributed by atoms with van der Waals surface area (Å²) in [6.07, 6.45) is 0. The van der Waals surface area contributed by atoms with Gasteiger partial charge in [-0.25, -0.2) is 0 Å². The lowest BCUT2D eigenvalue weighted by molar-refractivity contribution is 0.268. The van der Waals surface area contributed by atoms with Crippen molar-refractivity contribution in [3.8, 4) is 11.5 Å². The molecule has 0 aliphatic carbocycles. The first-order valence-electron chi connectivity index (χ1n) is 9.54. The van der Waals surface area contributed by atoms with Crippen molar-refractivity contribution in [2.24, 2.45) is 0 Å². The molecule has 1 N–H and O–H groups in total. The van der Waals surface area contributed by atoms with E-state index < -0.39 is 0 Å². The highest BCUT2D eigenvalue weighted by Crippen LogP contribution is 2.29. The fraction of sp³-hybridized carbons (Fsp3) is 0.250. The lowest BCUT2D eigenvalue weighted by atomic mass is 10.1. The molecule has 0 fully saturated rings. The highest BCUT2D eigenvalue weighted by atomic mass is 35.5. The number of halogens is 1. The van der Waals surface area contributed by atoms with Crippen molar-refractivity contribution < 1.29 is 9.47 Å². The molecule has 0 amide bonds. The van der Waals surface area contributed by atoms with E-state index in [1.54, 1.807) is 0 Å². The van der Waals surface area contributed by atoms with E-state index in [1.165, 1.54) is 11.1 Å². The van der Waals surface area contributed by atoms with Crippen molar-refractivity contribution in [3.63, 3.8) is 0 Å². The molecule has 3 aromatic rings. The van der Waals surface area contributed by atoms with E-state index in [4.69, 9.17) is 21.1 Å². The van der Waals surface area contributed by atoms with E-state index in [0.717, 1.165) is 40.7 Å². The quantitative estimate of drug-likeness (QED) is 0.488. The fourth-order valence-electron chi connectivity index (χ4n) is 2.96. The average Bonchev–Trinajstić information content (AvgIpc) is 2.70. The molecule has 0 aliphatic heterocycles. The average molecular weight is 396 g/mol. The minimum Gasteiger partial charge on any atom is -0.490 e. The molecule has 0 saturated carbocycles. The summed E-state index contributed by atoms with van der Waals surface area (Å²) in [6.45, 7) is 6.63. The van der Waals surface area contributed by atoms with E-state index in [2.05, 4.69) is 30.4 Å². The lowest BCUT2D eigenvalue weighted by Gasteiger charge is -2.15. The van der Waals surface area contributed by atoms with Gasteiger partial charge >= 0.3 is 0 Å². The summed E-state index contributed by atoms with van der Waals surface area (Å²) in [7, 11) is 0. The van der Waals surface area contributed by atoms with E-state index in [9.17, 15) is 0 Å². The number of benzene rings is 3. The largest absolute Gasteiger partial charge is 0.490 e. The topological polar surface area (TPSA) is 30.5 Å². The van der Waals surface area contributed by atoms with E-state index >= 15 is 0 Å². The molecular weight excluding hydrogens is 370 g/mol. The number of hydrogen-bond donors (Lipinski definition) is 1. The van der Waals surface area contributed by atoms with Crippen LogP contribution in [-0.4, -0.2) is 6.61 Å². The molecule has 0 bridgehead atoms. The minimum absolute atomic E-state index is 0.525. The first-order chi connectivity index (χ1) is 13.7. The summed E-state index contributed by atoms with van der Waals surface area (Å²) in [5.41, 5.74) is 4.63. The molecule has 0 spiro atoms. The minimum atomic E-state index is 0.525. The van der Waals surface area contributed by atoms with Gasteiger partial charge in [0.05, 0.1) is 6.61 Å². The zero-order valence-electron chi connectivity index (χ0n) is 16.4. The van der Waals surface area contributed by atoms with Gasteiger partial charge in [-0.1, -0.05) is 60.1 Å². The van der Waals surface area contributed by atoms with Gasteiger partial charge in [0.2, 0.25) is 0 Å². The molecule has 0 saturated heterocycles. The Morgan fingerprint density at radius 2 is 1.57 bits per heavy atom. The smallest absolute Gasteiger partial charge is 0.161 e. The number of aryl methyl sites for hydroxylation is 1. The third-order valence-corrected chi connectivity index (χ3v) is 4.92. The maximum atomic E-state index is 6.21. The predicted octanol–water partition coefficient (Wildman–Crippen LogP) is 5.92. The van der Waals surface area contributed by atoms with Crippen LogP contribution in [-0.2, 0) is 19.7 Å². The number of ether oxygens (including phenoxy) is 2. The van der Waals surface area contributed by atoms with Crippen LogP contribution in [0.2, 0.25) is 5.02 Å². The third-order valence-electron chi connectivity index (χ3n) is 4.55. The van der Waals surface area contributed by atoms with Crippen molar-refractivity contribution in [2.45, 2.75) is 33.5 Å². The van der Waals surface area contributed by atoms with Gasteiger partial charge < -0.3 is 14.8 Å². The van der Waals surface area contributed by atoms with Crippen LogP contribution in [0.25, 0.3) is 0 Å². The van der Waals surface area contributed by atoms with Gasteiger partial charge in [-0.05, 0) is 54.3 Å². The van der Waals surface area contributed by atoms with Crippen LogP contribution in [0, 0.1) is 6.92 Å². The molecule has 0 radical (unpaired) electrons. The molecule has 3 aromatic carbocycles. The Balaban J connectivity index is 1.63. The van der Waals surface area contributed by atoms with Crippen molar-refractivity contribution >= 4 is 11.6 Å². The van der Waals surface area contributed by atoms with Crippen LogP contribution >= 0.6 is 11.6 Å². The van der Waals surface area contributed by atoms with Gasteiger partial charge in [0.1, 0.15) is 6.61 Å². The van der Waals surface area contributed by atoms with E-state index in [1.807, 2.05) is 55.5 Å². The molecule has 0 atom stereocenters. The van der Waals surface area contributed by atoms with Gasteiger partial charge in [-0.15, -0.1) is 0 Å². The Bertz CT molecular complexity index is 911. The highest BCUT2D eigenvalue weighted by Gasteiger charge is 2.08. The monoisotopic (exact) mass is 395 g/mol. The molecule has 146 valence electrons. The first-order valence-corrected chi connectivity index (χ1v) is 9.92. The normalized spacial score (nSPS) is 10.7. The van der Waals surface area contributed by atoms with Crippen LogP contribution in [0.1, 0.15) is 29.2 Å². The summed E-state index contributed by atoms with van der Waals surface area (Å²) < 4.78 is 11.8. The predicted molar refractivity (Wildman–Crippen MR) is 115 cm³/mol. The highest BCUT2D eigenvalue weighted by molar-refractivity contribution is 6.31. The molecule has 0 aromatic heterocycles. The zero-order valence-corrected chi connectivity index (χ0v) is 17.1. The second-order valence-corrected chi connectivity index (χ2v) is 7.03. The molecule has 3 rings (SSSR count). The Kier molecular flexibility index (Phi) is 7.35. The van der Waals surface area contributed by atoms with Crippen LogP contribution in [0.4, 0.5) is 0 Å². The first kappa shape index (κ1) is 20.2. The summed E-state index contributed by atoms with van der Waals surface area (Å²) >= 11 is 6.21. The molecule has 0 heterocycles. The molecule has 4 heteroatoms. The maximum Gasteiger partial charge on any atom is 0.161 e. The summed E-state index contributed by atoms with van der Waals surface area (Å²) in [5.74, 6) is 1.54. The van der Waals surface area contributed by atoms with Crippen LogP contribution in [0.3, 0.4) is 0 Å². The molecule has 3 nitrogen and oxygen atoms in total. The number of hydrogen-bond acceptors (Lipinski definition) is 3. The van der Waals surface area contributed by atoms with Gasteiger partial charge in [0, 0.05) is 18.1 Å². The van der Waals surface area contributed by atoms with Gasteiger partial charge in [0.15, 0.2) is 11.5 Å². The zero-order chi connectivity index (χ0) is 19.8. The lowest BCUT2D eigenvalue weighted by Crippen LogP contribution is -2.13. The Labute approximate surface area is 172 Å². The van der Waals surface area contributed by atoms with Crippen molar-refractivity contribution in [1.29, 1.82) is 0 Å². The fourth-order valence-corrected chi connectivity index (χ4v) is 3.16. The molecule has 0 aliphatic rings. The van der Waals surface area contributed by atoms with Gasteiger partial charge in [-0.3, -0.25) is 0 Å². The molecule has 0 unspecified atom stereocenters. The standard InChI is InChI=1S/C24H26ClNO2/c1-3-27-24-14-19(15-26-16-20-9-6-7-11-22(20)25)12-13-23(24)28-17-21-10-5-4-8-18(21)2/h4-14,26H,3,15-17H2,1-2H3. The third kappa shape index (κ3) is 5.51. The number of rotatable bonds is 9. The maximum absolute atomic E-state index is 6.21. The summed E-state index contributed by atoms with van der Waals surface area (Å²) in [5, 5.41) is 4.21. The van der Waals surface area contributed by atoms with E-state index in [0.29, 0.717) is 13.2 Å². The Morgan fingerprint density at radius 3 is 2.32 bits per heavy atom. The van der Waals surface area contributed by atoms with Crippen molar-refractivity contribution in [1.82, 2.24) is 5.32 Å². The van der Waals surface area contributed by atoms with Gasteiger partial charge in [-0.2, -0.15) is 0 Å². The second-order valence-electron chi connectivity index (χ2n) is 6.62. The van der Waals surface area contributed by atoms with Crippen molar-refractivity contribution in [2.75, 3.05) is 6.61 Å². The molecule has 28 heavy (non-hydrogen) atoms. The number of nitrogens with one attached hydrogen (secondary N) is 1. The molecular formula is C24H26ClNO2. The SMILES string of the molecule is CCOc1cc(CNCc2ccccc2Cl)ccc1OCc1ccccc1C. The van der Waals surface area contributed by atoms with Crippen LogP contribution in [0.5, 0.6) is 11.5 Å². The van der Waals surface area contributed by atoms with Crippen LogP contribution < -0.4 is 14.8 Å². The second kappa shape index (κ2) is 10.2. The van der Waals surface area contributed by atoms with Crippen molar-refractivity contribution in [3.05, 3.63) is 94.0 Å².